The molecule has 7 heteroatoms. The summed E-state index contributed by atoms with van der Waals surface area (Å²) in [4.78, 5) is 25.8. The monoisotopic (exact) mass is 315 g/mol. The number of carboxylic acid groups (broad SMARTS) is 1. The third-order valence-corrected chi connectivity index (χ3v) is 3.44. The topological polar surface area (TPSA) is 105 Å². The van der Waals surface area contributed by atoms with Gasteiger partial charge in [-0.1, -0.05) is 6.07 Å². The van der Waals surface area contributed by atoms with E-state index in [4.69, 9.17) is 5.11 Å². The molecule has 0 spiro atoms. The number of aryl methyl sites for hydroxylation is 3. The molecule has 7 nitrogen and oxygen atoms in total. The summed E-state index contributed by atoms with van der Waals surface area (Å²) in [6.07, 6.45) is -0.0614. The van der Waals surface area contributed by atoms with E-state index >= 15 is 0 Å². The van der Waals surface area contributed by atoms with Crippen molar-refractivity contribution in [3.8, 4) is 0 Å². The highest BCUT2D eigenvalue weighted by Crippen LogP contribution is 2.30. The Morgan fingerprint density at radius 1 is 1.26 bits per heavy atom. The van der Waals surface area contributed by atoms with Gasteiger partial charge in [0, 0.05) is 16.9 Å². The van der Waals surface area contributed by atoms with Crippen molar-refractivity contribution in [1.29, 1.82) is 0 Å². The number of hydrogen-bond acceptors (Lipinski definition) is 5. The molecule has 2 N–H and O–H groups in total. The standard InChI is InChI=1S/C16H17N3O4/c1-9-7-13(5-4-12(9)8-14(20)21)18-16-15(19(22)23)10(2)6-11(3)17-16/h4-7H,8H2,1-3H3,(H,17,18)(H,20,21). The van der Waals surface area contributed by atoms with Gasteiger partial charge in [-0.25, -0.2) is 4.98 Å². The minimum atomic E-state index is -0.902. The SMILES string of the molecule is Cc1cc(C)c([N+](=O)[O-])c(Nc2ccc(CC(=O)O)c(C)c2)n1. The van der Waals surface area contributed by atoms with Crippen molar-refractivity contribution in [2.75, 3.05) is 5.32 Å². The maximum atomic E-state index is 11.2. The van der Waals surface area contributed by atoms with Crippen LogP contribution >= 0.6 is 0 Å². The van der Waals surface area contributed by atoms with Gasteiger partial charge in [0.2, 0.25) is 5.82 Å². The summed E-state index contributed by atoms with van der Waals surface area (Å²) in [6, 6.07) is 6.79. The van der Waals surface area contributed by atoms with Crippen molar-refractivity contribution in [1.82, 2.24) is 4.98 Å². The van der Waals surface area contributed by atoms with E-state index in [9.17, 15) is 14.9 Å². The molecule has 2 aromatic rings. The number of hydrogen-bond donors (Lipinski definition) is 2. The average molecular weight is 315 g/mol. The minimum Gasteiger partial charge on any atom is -0.481 e. The number of carbonyl (C=O) groups is 1. The molecule has 1 heterocycles. The Kier molecular flexibility index (Phi) is 4.59. The lowest BCUT2D eigenvalue weighted by Crippen LogP contribution is -2.05. The predicted molar refractivity (Wildman–Crippen MR) is 86.2 cm³/mol. The quantitative estimate of drug-likeness (QED) is 0.648. The maximum Gasteiger partial charge on any atom is 0.314 e. The zero-order valence-corrected chi connectivity index (χ0v) is 13.1. The molecule has 1 aromatic carbocycles. The first-order chi connectivity index (χ1) is 10.8. The van der Waals surface area contributed by atoms with Gasteiger partial charge in [-0.2, -0.15) is 0 Å². The zero-order valence-electron chi connectivity index (χ0n) is 13.1. The van der Waals surface area contributed by atoms with Crippen LogP contribution < -0.4 is 5.32 Å². The Balaban J connectivity index is 2.38. The highest BCUT2D eigenvalue weighted by molar-refractivity contribution is 5.72. The van der Waals surface area contributed by atoms with E-state index in [2.05, 4.69) is 10.3 Å². The molecule has 120 valence electrons. The number of aliphatic carboxylic acids is 1. The second kappa shape index (κ2) is 6.43. The third kappa shape index (κ3) is 3.82. The van der Waals surface area contributed by atoms with Gasteiger partial charge in [-0.05, 0) is 50.1 Å². The zero-order chi connectivity index (χ0) is 17.1. The molecule has 23 heavy (non-hydrogen) atoms. The summed E-state index contributed by atoms with van der Waals surface area (Å²) in [5.74, 6) is -0.724. The normalized spacial score (nSPS) is 10.4. The molecule has 2 rings (SSSR count). The van der Waals surface area contributed by atoms with Crippen molar-refractivity contribution in [3.05, 3.63) is 56.8 Å². The van der Waals surface area contributed by atoms with Crippen LogP contribution in [-0.4, -0.2) is 21.0 Å². The van der Waals surface area contributed by atoms with E-state index in [0.29, 0.717) is 22.5 Å². The van der Waals surface area contributed by atoms with Crippen molar-refractivity contribution in [3.63, 3.8) is 0 Å². The first kappa shape index (κ1) is 16.4. The first-order valence-electron chi connectivity index (χ1n) is 6.99. The van der Waals surface area contributed by atoms with Crippen LogP contribution in [0.5, 0.6) is 0 Å². The van der Waals surface area contributed by atoms with Gasteiger partial charge in [-0.15, -0.1) is 0 Å². The highest BCUT2D eigenvalue weighted by atomic mass is 16.6. The molecule has 0 aliphatic carbocycles. The lowest BCUT2D eigenvalue weighted by molar-refractivity contribution is -0.384. The number of nitro groups is 1. The Labute approximate surface area is 133 Å². The Morgan fingerprint density at radius 3 is 2.52 bits per heavy atom. The fourth-order valence-electron chi connectivity index (χ4n) is 2.42. The average Bonchev–Trinajstić information content (AvgIpc) is 2.40. The van der Waals surface area contributed by atoms with Gasteiger partial charge < -0.3 is 10.4 Å². The molecular weight excluding hydrogens is 298 g/mol. The van der Waals surface area contributed by atoms with Crippen LogP contribution in [0.25, 0.3) is 0 Å². The van der Waals surface area contributed by atoms with Gasteiger partial charge in [-0.3, -0.25) is 14.9 Å². The fourth-order valence-corrected chi connectivity index (χ4v) is 2.42. The number of aromatic nitrogens is 1. The largest absolute Gasteiger partial charge is 0.481 e. The molecule has 0 amide bonds. The van der Waals surface area contributed by atoms with Gasteiger partial charge in [0.1, 0.15) is 0 Å². The Hall–Kier alpha value is -2.96. The molecule has 0 aliphatic heterocycles. The number of pyridine rings is 1. The minimum absolute atomic E-state index is 0.0614. The molecule has 0 radical (unpaired) electrons. The van der Waals surface area contributed by atoms with E-state index in [0.717, 1.165) is 5.56 Å². The molecule has 0 aliphatic rings. The lowest BCUT2D eigenvalue weighted by atomic mass is 10.0. The number of nitrogens with one attached hydrogen (secondary N) is 1. The Morgan fingerprint density at radius 2 is 1.96 bits per heavy atom. The lowest BCUT2D eigenvalue weighted by Gasteiger charge is -2.11. The Bertz CT molecular complexity index is 787. The number of benzene rings is 1. The molecule has 0 saturated heterocycles. The van der Waals surface area contributed by atoms with Crippen molar-refractivity contribution in [2.45, 2.75) is 27.2 Å². The van der Waals surface area contributed by atoms with Crippen molar-refractivity contribution >= 4 is 23.2 Å². The summed E-state index contributed by atoms with van der Waals surface area (Å²) in [5, 5.41) is 23.1. The van der Waals surface area contributed by atoms with Crippen LogP contribution in [0.4, 0.5) is 17.2 Å². The number of nitrogens with zero attached hydrogens (tertiary/aromatic N) is 2. The summed E-state index contributed by atoms with van der Waals surface area (Å²) in [7, 11) is 0. The fraction of sp³-hybridized carbons (Fsp3) is 0.250. The van der Waals surface area contributed by atoms with Gasteiger partial charge >= 0.3 is 11.7 Å². The van der Waals surface area contributed by atoms with Gasteiger partial charge in [0.05, 0.1) is 11.3 Å². The number of anilines is 2. The molecule has 0 fully saturated rings. The molecule has 0 saturated carbocycles. The van der Waals surface area contributed by atoms with E-state index in [1.165, 1.54) is 0 Å². The van der Waals surface area contributed by atoms with Gasteiger partial charge in [0.15, 0.2) is 0 Å². The predicted octanol–water partition coefficient (Wildman–Crippen LogP) is 3.29. The van der Waals surface area contributed by atoms with Crippen LogP contribution in [0.1, 0.15) is 22.4 Å². The molecule has 0 unspecified atom stereocenters. The molecule has 0 atom stereocenters. The number of carboxylic acids is 1. The van der Waals surface area contributed by atoms with Crippen LogP contribution in [-0.2, 0) is 11.2 Å². The van der Waals surface area contributed by atoms with E-state index in [-0.39, 0.29) is 17.9 Å². The van der Waals surface area contributed by atoms with Crippen molar-refractivity contribution in [2.24, 2.45) is 0 Å². The number of rotatable bonds is 5. The first-order valence-corrected chi connectivity index (χ1v) is 6.99. The van der Waals surface area contributed by atoms with Crippen LogP contribution in [0, 0.1) is 30.9 Å². The second-order valence-corrected chi connectivity index (χ2v) is 5.37. The molecule has 1 aromatic heterocycles. The van der Waals surface area contributed by atoms with Crippen LogP contribution in [0.3, 0.4) is 0 Å². The third-order valence-electron chi connectivity index (χ3n) is 3.44. The maximum absolute atomic E-state index is 11.2. The second-order valence-electron chi connectivity index (χ2n) is 5.37. The summed E-state index contributed by atoms with van der Waals surface area (Å²) in [5.41, 5.74) is 3.26. The molecular formula is C16H17N3O4. The highest BCUT2D eigenvalue weighted by Gasteiger charge is 2.20. The van der Waals surface area contributed by atoms with Gasteiger partial charge in [0.25, 0.3) is 0 Å². The van der Waals surface area contributed by atoms with Crippen LogP contribution in [0.15, 0.2) is 24.3 Å². The summed E-state index contributed by atoms with van der Waals surface area (Å²) < 4.78 is 0. The smallest absolute Gasteiger partial charge is 0.314 e. The van der Waals surface area contributed by atoms with E-state index < -0.39 is 10.9 Å². The van der Waals surface area contributed by atoms with E-state index in [1.54, 1.807) is 45.0 Å². The molecule has 0 bridgehead atoms. The summed E-state index contributed by atoms with van der Waals surface area (Å²) >= 11 is 0. The van der Waals surface area contributed by atoms with E-state index in [1.807, 2.05) is 0 Å². The van der Waals surface area contributed by atoms with Crippen molar-refractivity contribution < 1.29 is 14.8 Å². The summed E-state index contributed by atoms with van der Waals surface area (Å²) in [6.45, 7) is 5.23. The van der Waals surface area contributed by atoms with Crippen LogP contribution in [0.2, 0.25) is 0 Å².